The third-order valence-corrected chi connectivity index (χ3v) is 7.52. The van der Waals surface area contributed by atoms with Crippen LogP contribution in [0.1, 0.15) is 49.9 Å². The minimum Gasteiger partial charge on any atom is -0.355 e. The molecule has 2 N–H and O–H groups in total. The third kappa shape index (κ3) is 6.81. The fourth-order valence-corrected chi connectivity index (χ4v) is 5.29. The number of halogens is 1. The third-order valence-electron chi connectivity index (χ3n) is 7.52. The normalized spacial score (nSPS) is 13.0. The molecule has 1 aliphatic rings. The van der Waals surface area contributed by atoms with E-state index in [1.165, 1.54) is 28.7 Å². The number of nitrogens with zero attached hydrogens (tertiary/aromatic N) is 7. The first-order chi connectivity index (χ1) is 21.7. The predicted octanol–water partition coefficient (Wildman–Crippen LogP) is 1.69. The molecule has 1 saturated heterocycles. The second kappa shape index (κ2) is 13.6. The molecule has 14 nitrogen and oxygen atoms in total. The Labute approximate surface area is 256 Å². The quantitative estimate of drug-likeness (QED) is 0.226. The number of carbonyl (C=O) groups is 3. The molecule has 4 aromatic rings. The first kappa shape index (κ1) is 31.2. The summed E-state index contributed by atoms with van der Waals surface area (Å²) in [6.07, 6.45) is 5.05. The van der Waals surface area contributed by atoms with E-state index in [1.54, 1.807) is 17.0 Å². The Kier molecular flexibility index (Phi) is 9.45. The lowest BCUT2D eigenvalue weighted by Gasteiger charge is -2.23. The van der Waals surface area contributed by atoms with Crippen molar-refractivity contribution in [3.63, 3.8) is 0 Å². The second-order valence-electron chi connectivity index (χ2n) is 10.7. The van der Waals surface area contributed by atoms with Crippen molar-refractivity contribution in [1.29, 1.82) is 0 Å². The molecule has 0 aromatic carbocycles. The Morgan fingerprint density at radius 2 is 1.87 bits per heavy atom. The fraction of sp³-hybridized carbons (Fsp3) is 0.400. The van der Waals surface area contributed by atoms with Crippen molar-refractivity contribution >= 4 is 34.7 Å². The van der Waals surface area contributed by atoms with Gasteiger partial charge >= 0.3 is 5.69 Å². The van der Waals surface area contributed by atoms with Gasteiger partial charge in [-0.15, -0.1) is 0 Å². The number of H-pyrrole nitrogens is 1. The number of hydrogen-bond acceptors (Lipinski definition) is 8. The largest absolute Gasteiger partial charge is 0.355 e. The SMILES string of the molecule is CCCn1c(=O)c2[nH]c(-c3ccc(N(CCCN4CCCC4=O)C(=O)c4ccc(F)nc4)nc3)nc2n(CCNC(C)=O)c1=O. The molecule has 0 bridgehead atoms. The van der Waals surface area contributed by atoms with Gasteiger partial charge in [-0.05, 0) is 43.5 Å². The van der Waals surface area contributed by atoms with Gasteiger partial charge in [0.05, 0.1) is 5.56 Å². The van der Waals surface area contributed by atoms with Crippen LogP contribution < -0.4 is 21.5 Å². The van der Waals surface area contributed by atoms with Crippen LogP contribution >= 0.6 is 0 Å². The van der Waals surface area contributed by atoms with Gasteiger partial charge in [-0.1, -0.05) is 6.92 Å². The van der Waals surface area contributed by atoms with E-state index in [9.17, 15) is 28.4 Å². The van der Waals surface area contributed by atoms with Crippen molar-refractivity contribution < 1.29 is 18.8 Å². The van der Waals surface area contributed by atoms with Gasteiger partial charge in [0, 0.05) is 70.6 Å². The van der Waals surface area contributed by atoms with Crippen LogP contribution in [0.15, 0.2) is 46.2 Å². The van der Waals surface area contributed by atoms with Crippen molar-refractivity contribution in [2.75, 3.05) is 31.1 Å². The highest BCUT2D eigenvalue weighted by Crippen LogP contribution is 2.22. The molecule has 0 saturated carbocycles. The smallest absolute Gasteiger partial charge is 0.332 e. The minimum atomic E-state index is -0.707. The number of carbonyl (C=O) groups excluding carboxylic acids is 3. The van der Waals surface area contributed by atoms with E-state index >= 15 is 0 Å². The summed E-state index contributed by atoms with van der Waals surface area (Å²) in [5.41, 5.74) is -0.0579. The molecular formula is C30H34FN9O5. The maximum absolute atomic E-state index is 13.5. The monoisotopic (exact) mass is 619 g/mol. The molecule has 3 amide bonds. The van der Waals surface area contributed by atoms with E-state index in [0.717, 1.165) is 23.3 Å². The van der Waals surface area contributed by atoms with Crippen LogP contribution in [0.2, 0.25) is 0 Å². The van der Waals surface area contributed by atoms with Crippen molar-refractivity contribution in [1.82, 2.24) is 39.3 Å². The Balaban J connectivity index is 1.46. The molecule has 236 valence electrons. The highest BCUT2D eigenvalue weighted by Gasteiger charge is 2.23. The van der Waals surface area contributed by atoms with Crippen LogP contribution in [-0.4, -0.2) is 77.9 Å². The number of rotatable bonds is 12. The number of aromatic nitrogens is 6. The molecular weight excluding hydrogens is 585 g/mol. The number of anilines is 1. The zero-order valence-electron chi connectivity index (χ0n) is 25.1. The van der Waals surface area contributed by atoms with Gasteiger partial charge in [-0.2, -0.15) is 4.39 Å². The van der Waals surface area contributed by atoms with E-state index < -0.39 is 23.1 Å². The Morgan fingerprint density at radius 3 is 2.51 bits per heavy atom. The number of imidazole rings is 1. The van der Waals surface area contributed by atoms with Crippen molar-refractivity contribution in [3.05, 3.63) is 69.0 Å². The molecule has 45 heavy (non-hydrogen) atoms. The predicted molar refractivity (Wildman–Crippen MR) is 163 cm³/mol. The van der Waals surface area contributed by atoms with Crippen LogP contribution in [0.4, 0.5) is 10.2 Å². The van der Waals surface area contributed by atoms with Gasteiger partial charge in [0.1, 0.15) is 17.2 Å². The lowest BCUT2D eigenvalue weighted by atomic mass is 10.2. The summed E-state index contributed by atoms with van der Waals surface area (Å²) < 4.78 is 15.9. The highest BCUT2D eigenvalue weighted by atomic mass is 19.1. The van der Waals surface area contributed by atoms with E-state index in [1.807, 2.05) is 6.92 Å². The molecule has 0 atom stereocenters. The van der Waals surface area contributed by atoms with Crippen molar-refractivity contribution in [2.45, 2.75) is 52.6 Å². The van der Waals surface area contributed by atoms with Crippen LogP contribution in [0, 0.1) is 5.95 Å². The molecule has 5 heterocycles. The fourth-order valence-electron chi connectivity index (χ4n) is 5.29. The van der Waals surface area contributed by atoms with Gasteiger partial charge in [-0.3, -0.25) is 33.2 Å². The molecule has 0 radical (unpaired) electrons. The number of hydrogen-bond donors (Lipinski definition) is 2. The summed E-state index contributed by atoms with van der Waals surface area (Å²) in [6, 6.07) is 5.76. The van der Waals surface area contributed by atoms with Crippen LogP contribution in [0.5, 0.6) is 0 Å². The molecule has 5 rings (SSSR count). The Hall–Kier alpha value is -5.21. The average molecular weight is 620 g/mol. The van der Waals surface area contributed by atoms with Crippen molar-refractivity contribution in [2.24, 2.45) is 0 Å². The first-order valence-electron chi connectivity index (χ1n) is 14.8. The number of fused-ring (bicyclic) bond motifs is 1. The Morgan fingerprint density at radius 1 is 1.04 bits per heavy atom. The van der Waals surface area contributed by atoms with Gasteiger partial charge < -0.3 is 15.2 Å². The van der Waals surface area contributed by atoms with Gasteiger partial charge in [0.25, 0.3) is 11.5 Å². The topological polar surface area (TPSA) is 168 Å². The van der Waals surface area contributed by atoms with E-state index in [4.69, 9.17) is 0 Å². The minimum absolute atomic E-state index is 0.0888. The van der Waals surface area contributed by atoms with Crippen molar-refractivity contribution in [3.8, 4) is 11.4 Å². The van der Waals surface area contributed by atoms with Crippen LogP contribution in [-0.2, 0) is 22.7 Å². The summed E-state index contributed by atoms with van der Waals surface area (Å²) in [5.74, 6) is -0.695. The molecule has 4 aromatic heterocycles. The number of likely N-dealkylation sites (tertiary alicyclic amines) is 1. The summed E-state index contributed by atoms with van der Waals surface area (Å²) in [7, 11) is 0. The summed E-state index contributed by atoms with van der Waals surface area (Å²) in [6.45, 7) is 5.15. The molecule has 0 spiro atoms. The number of pyridine rings is 2. The summed E-state index contributed by atoms with van der Waals surface area (Å²) in [5, 5.41) is 2.66. The standard InChI is InChI=1S/C30H34FN9O5/c1-3-12-40-29(44)25-27(39(30(40)45)16-11-32-19(2)41)36-26(35-25)20-8-10-23(34-17-20)38(15-5-14-37-13-4-6-24(37)42)28(43)21-7-9-22(31)33-18-21/h7-10,17-18H,3-6,11-16H2,1-2H3,(H,32,41)(H,35,36). The maximum atomic E-state index is 13.5. The van der Waals surface area contributed by atoms with Crippen LogP contribution in [0.3, 0.4) is 0 Å². The zero-order valence-corrected chi connectivity index (χ0v) is 25.1. The number of aromatic amines is 1. The zero-order chi connectivity index (χ0) is 32.1. The average Bonchev–Trinajstić information content (AvgIpc) is 3.66. The Bertz CT molecular complexity index is 1830. The molecule has 1 fully saturated rings. The van der Waals surface area contributed by atoms with Crippen LogP contribution in [0.25, 0.3) is 22.6 Å². The molecule has 0 aliphatic carbocycles. The lowest BCUT2D eigenvalue weighted by molar-refractivity contribution is -0.127. The molecule has 1 aliphatic heterocycles. The van der Waals surface area contributed by atoms with Gasteiger partial charge in [-0.25, -0.2) is 19.7 Å². The van der Waals surface area contributed by atoms with E-state index in [2.05, 4.69) is 25.3 Å². The summed E-state index contributed by atoms with van der Waals surface area (Å²) in [4.78, 5) is 82.2. The second-order valence-corrected chi connectivity index (χ2v) is 10.7. The molecule has 0 unspecified atom stereocenters. The number of amides is 3. The van der Waals surface area contributed by atoms with Gasteiger partial charge in [0.2, 0.25) is 17.8 Å². The first-order valence-corrected chi connectivity index (χ1v) is 14.8. The van der Waals surface area contributed by atoms with Gasteiger partial charge in [0.15, 0.2) is 5.65 Å². The highest BCUT2D eigenvalue weighted by molar-refractivity contribution is 6.05. The lowest BCUT2D eigenvalue weighted by Crippen LogP contribution is -2.41. The maximum Gasteiger partial charge on any atom is 0.332 e. The summed E-state index contributed by atoms with van der Waals surface area (Å²) >= 11 is 0. The number of nitrogens with one attached hydrogen (secondary N) is 2. The molecule has 15 heteroatoms. The van der Waals surface area contributed by atoms with E-state index in [-0.39, 0.29) is 60.5 Å². The van der Waals surface area contributed by atoms with E-state index in [0.29, 0.717) is 43.7 Å².